The van der Waals surface area contributed by atoms with Gasteiger partial charge in [0.2, 0.25) is 0 Å². The second-order valence-corrected chi connectivity index (χ2v) is 5.56. The van der Waals surface area contributed by atoms with Crippen LogP contribution in [0.2, 0.25) is 0 Å². The molecule has 0 aliphatic carbocycles. The lowest BCUT2D eigenvalue weighted by Crippen LogP contribution is -2.09. The van der Waals surface area contributed by atoms with Crippen LogP contribution in [-0.4, -0.2) is 15.7 Å². The molecule has 0 radical (unpaired) electrons. The van der Waals surface area contributed by atoms with Crippen molar-refractivity contribution in [2.24, 2.45) is 0 Å². The Labute approximate surface area is 101 Å². The standard InChI is InChI=1S/C12H19N3S/c1-2-5-9-8-11(13)15-12(14-9)10-6-3-4-7-16-10/h8,10H,2-7H2,1H3,(H2,13,14,15). The summed E-state index contributed by atoms with van der Waals surface area (Å²) in [7, 11) is 0. The van der Waals surface area contributed by atoms with Gasteiger partial charge >= 0.3 is 0 Å². The quantitative estimate of drug-likeness (QED) is 0.878. The Hall–Kier alpha value is -0.770. The van der Waals surface area contributed by atoms with Crippen molar-refractivity contribution in [3.63, 3.8) is 0 Å². The summed E-state index contributed by atoms with van der Waals surface area (Å²) >= 11 is 1.97. The van der Waals surface area contributed by atoms with E-state index in [9.17, 15) is 0 Å². The first-order valence-electron chi connectivity index (χ1n) is 6.04. The molecule has 1 fully saturated rings. The van der Waals surface area contributed by atoms with Crippen molar-refractivity contribution in [2.45, 2.75) is 44.3 Å². The van der Waals surface area contributed by atoms with E-state index >= 15 is 0 Å². The molecule has 1 aromatic heterocycles. The lowest BCUT2D eigenvalue weighted by atomic mass is 10.1. The van der Waals surface area contributed by atoms with Crippen LogP contribution in [0.5, 0.6) is 0 Å². The van der Waals surface area contributed by atoms with Crippen molar-refractivity contribution in [2.75, 3.05) is 11.5 Å². The highest BCUT2D eigenvalue weighted by atomic mass is 32.2. The van der Waals surface area contributed by atoms with E-state index in [-0.39, 0.29) is 0 Å². The van der Waals surface area contributed by atoms with E-state index < -0.39 is 0 Å². The first kappa shape index (κ1) is 11.7. The van der Waals surface area contributed by atoms with E-state index in [4.69, 9.17) is 5.73 Å². The largest absolute Gasteiger partial charge is 0.384 e. The smallest absolute Gasteiger partial charge is 0.143 e. The first-order chi connectivity index (χ1) is 7.79. The minimum absolute atomic E-state index is 0.466. The molecule has 16 heavy (non-hydrogen) atoms. The summed E-state index contributed by atoms with van der Waals surface area (Å²) in [6.07, 6.45) is 5.91. The third-order valence-corrected chi connectivity index (χ3v) is 4.16. The molecule has 2 N–H and O–H groups in total. The predicted molar refractivity (Wildman–Crippen MR) is 69.5 cm³/mol. The van der Waals surface area contributed by atoms with Gasteiger partial charge in [-0.25, -0.2) is 9.97 Å². The van der Waals surface area contributed by atoms with Gasteiger partial charge < -0.3 is 5.73 Å². The topological polar surface area (TPSA) is 51.8 Å². The van der Waals surface area contributed by atoms with Gasteiger partial charge in [-0.1, -0.05) is 19.8 Å². The Bertz CT molecular complexity index is 348. The monoisotopic (exact) mass is 237 g/mol. The molecule has 2 heterocycles. The molecule has 2 rings (SSSR count). The van der Waals surface area contributed by atoms with E-state index in [1.54, 1.807) is 0 Å². The molecule has 1 aliphatic rings. The predicted octanol–water partition coefficient (Wildman–Crippen LogP) is 2.97. The number of hydrogen-bond acceptors (Lipinski definition) is 4. The van der Waals surface area contributed by atoms with Crippen LogP contribution >= 0.6 is 11.8 Å². The molecule has 0 amide bonds. The first-order valence-corrected chi connectivity index (χ1v) is 7.09. The molecule has 0 saturated carbocycles. The minimum Gasteiger partial charge on any atom is -0.384 e. The van der Waals surface area contributed by atoms with E-state index in [1.165, 1.54) is 25.0 Å². The summed E-state index contributed by atoms with van der Waals surface area (Å²) < 4.78 is 0. The van der Waals surface area contributed by atoms with Gasteiger partial charge in [-0.3, -0.25) is 0 Å². The van der Waals surface area contributed by atoms with Crippen LogP contribution in [0.4, 0.5) is 5.82 Å². The Morgan fingerprint density at radius 1 is 1.44 bits per heavy atom. The zero-order valence-corrected chi connectivity index (χ0v) is 10.6. The van der Waals surface area contributed by atoms with Crippen molar-refractivity contribution < 1.29 is 0 Å². The molecule has 1 aromatic rings. The van der Waals surface area contributed by atoms with Gasteiger partial charge in [0.15, 0.2) is 0 Å². The number of nitrogens with two attached hydrogens (primary N) is 1. The number of nitrogen functional groups attached to an aromatic ring is 1. The number of nitrogens with zero attached hydrogens (tertiary/aromatic N) is 2. The fourth-order valence-corrected chi connectivity index (χ4v) is 3.26. The highest BCUT2D eigenvalue weighted by Crippen LogP contribution is 2.36. The van der Waals surface area contributed by atoms with Crippen molar-refractivity contribution in [1.29, 1.82) is 0 Å². The van der Waals surface area contributed by atoms with Crippen molar-refractivity contribution >= 4 is 17.6 Å². The maximum Gasteiger partial charge on any atom is 0.143 e. The molecule has 0 aromatic carbocycles. The van der Waals surface area contributed by atoms with Crippen LogP contribution in [0.15, 0.2) is 6.07 Å². The average Bonchev–Trinajstić information content (AvgIpc) is 2.30. The van der Waals surface area contributed by atoms with E-state index in [2.05, 4.69) is 16.9 Å². The van der Waals surface area contributed by atoms with Gasteiger partial charge in [0.05, 0.1) is 5.25 Å². The highest BCUT2D eigenvalue weighted by molar-refractivity contribution is 7.99. The van der Waals surface area contributed by atoms with Gasteiger partial charge in [0, 0.05) is 11.8 Å². The van der Waals surface area contributed by atoms with E-state index in [0.717, 1.165) is 24.4 Å². The summed E-state index contributed by atoms with van der Waals surface area (Å²) in [4.78, 5) is 9.02. The molecule has 1 aliphatic heterocycles. The van der Waals surface area contributed by atoms with Gasteiger partial charge in [0.1, 0.15) is 11.6 Å². The number of aromatic nitrogens is 2. The van der Waals surface area contributed by atoms with Crippen molar-refractivity contribution in [3.05, 3.63) is 17.6 Å². The number of hydrogen-bond donors (Lipinski definition) is 1. The number of thioether (sulfide) groups is 1. The fourth-order valence-electron chi connectivity index (χ4n) is 2.01. The average molecular weight is 237 g/mol. The van der Waals surface area contributed by atoms with Gasteiger partial charge in [-0.15, -0.1) is 0 Å². The van der Waals surface area contributed by atoms with Crippen LogP contribution in [-0.2, 0) is 6.42 Å². The molecule has 1 atom stereocenters. The molecular formula is C12H19N3S. The third-order valence-electron chi connectivity index (χ3n) is 2.79. The number of rotatable bonds is 3. The summed E-state index contributed by atoms with van der Waals surface area (Å²) in [6.45, 7) is 2.16. The van der Waals surface area contributed by atoms with Crippen LogP contribution in [0.1, 0.15) is 49.4 Å². The lowest BCUT2D eigenvalue weighted by Gasteiger charge is -2.20. The highest BCUT2D eigenvalue weighted by Gasteiger charge is 2.19. The Balaban J connectivity index is 2.18. The maximum absolute atomic E-state index is 5.84. The maximum atomic E-state index is 5.84. The molecule has 1 unspecified atom stereocenters. The molecule has 88 valence electrons. The molecule has 0 bridgehead atoms. The minimum atomic E-state index is 0.466. The number of aryl methyl sites for hydroxylation is 1. The molecular weight excluding hydrogens is 218 g/mol. The lowest BCUT2D eigenvalue weighted by molar-refractivity contribution is 0.658. The normalized spacial score (nSPS) is 20.9. The molecule has 3 nitrogen and oxygen atoms in total. The summed E-state index contributed by atoms with van der Waals surface area (Å²) in [5, 5.41) is 0.466. The fraction of sp³-hybridized carbons (Fsp3) is 0.667. The SMILES string of the molecule is CCCc1cc(N)nc(C2CCCCS2)n1. The van der Waals surface area contributed by atoms with Crippen molar-refractivity contribution in [3.8, 4) is 0 Å². The second-order valence-electron chi connectivity index (χ2n) is 4.25. The van der Waals surface area contributed by atoms with Crippen LogP contribution in [0.25, 0.3) is 0 Å². The third kappa shape index (κ3) is 2.88. The summed E-state index contributed by atoms with van der Waals surface area (Å²) in [5.41, 5.74) is 6.93. The van der Waals surface area contributed by atoms with Gasteiger partial charge in [0.25, 0.3) is 0 Å². The molecule has 0 spiro atoms. The number of anilines is 1. The van der Waals surface area contributed by atoms with Crippen LogP contribution in [0.3, 0.4) is 0 Å². The summed E-state index contributed by atoms with van der Waals surface area (Å²) in [5.74, 6) is 2.80. The Morgan fingerprint density at radius 3 is 3.00 bits per heavy atom. The molecule has 1 saturated heterocycles. The van der Waals surface area contributed by atoms with E-state index in [1.807, 2.05) is 17.8 Å². The van der Waals surface area contributed by atoms with E-state index in [0.29, 0.717) is 11.1 Å². The van der Waals surface area contributed by atoms with Crippen molar-refractivity contribution in [1.82, 2.24) is 9.97 Å². The zero-order chi connectivity index (χ0) is 11.4. The Kier molecular flexibility index (Phi) is 4.04. The van der Waals surface area contributed by atoms with Gasteiger partial charge in [-0.05, 0) is 25.0 Å². The van der Waals surface area contributed by atoms with Crippen LogP contribution in [0, 0.1) is 0 Å². The molecule has 4 heteroatoms. The zero-order valence-electron chi connectivity index (χ0n) is 9.78. The van der Waals surface area contributed by atoms with Gasteiger partial charge in [-0.2, -0.15) is 11.8 Å². The van der Waals surface area contributed by atoms with Crippen LogP contribution < -0.4 is 5.73 Å². The second kappa shape index (κ2) is 5.53. The Morgan fingerprint density at radius 2 is 2.31 bits per heavy atom. The summed E-state index contributed by atoms with van der Waals surface area (Å²) in [6, 6.07) is 1.90.